The van der Waals surface area contributed by atoms with Crippen molar-refractivity contribution in [2.45, 2.75) is 6.92 Å². The molecule has 0 aliphatic heterocycles. The lowest BCUT2D eigenvalue weighted by Crippen LogP contribution is -1.77. The maximum absolute atomic E-state index is 4.87. The zero-order valence-corrected chi connectivity index (χ0v) is 8.71. The Kier molecular flexibility index (Phi) is 2.19. The van der Waals surface area contributed by atoms with E-state index in [1.165, 1.54) is 0 Å². The monoisotopic (exact) mass is 237 g/mol. The molecule has 0 saturated heterocycles. The van der Waals surface area contributed by atoms with Gasteiger partial charge in [-0.3, -0.25) is 0 Å². The maximum Gasteiger partial charge on any atom is 0.131 e. The minimum Gasteiger partial charge on any atom is -0.364 e. The second-order valence-electron chi connectivity index (χ2n) is 2.82. The van der Waals surface area contributed by atoms with Crippen molar-refractivity contribution >= 4 is 15.9 Å². The molecule has 1 aromatic heterocycles. The quantitative estimate of drug-likeness (QED) is 0.760. The van der Waals surface area contributed by atoms with Crippen molar-refractivity contribution in [1.82, 2.24) is 5.16 Å². The van der Waals surface area contributed by atoms with Crippen LogP contribution in [0.3, 0.4) is 0 Å². The second kappa shape index (κ2) is 3.34. The van der Waals surface area contributed by atoms with Crippen molar-refractivity contribution in [3.05, 3.63) is 40.7 Å². The van der Waals surface area contributed by atoms with Crippen LogP contribution in [0.5, 0.6) is 0 Å². The smallest absolute Gasteiger partial charge is 0.131 e. The summed E-state index contributed by atoms with van der Waals surface area (Å²) in [7, 11) is 0. The van der Waals surface area contributed by atoms with Gasteiger partial charge in [-0.15, -0.1) is 0 Å². The third kappa shape index (κ3) is 1.65. The van der Waals surface area contributed by atoms with Crippen LogP contribution in [0.15, 0.2) is 39.5 Å². The Morgan fingerprint density at radius 3 is 2.46 bits per heavy atom. The molecule has 66 valence electrons. The van der Waals surface area contributed by atoms with Crippen molar-refractivity contribution in [1.29, 1.82) is 0 Å². The van der Waals surface area contributed by atoms with E-state index in [2.05, 4.69) is 21.1 Å². The minimum absolute atomic E-state index is 0.919. The molecule has 0 bridgehead atoms. The summed E-state index contributed by atoms with van der Waals surface area (Å²) < 4.78 is 5.94. The Morgan fingerprint density at radius 1 is 1.23 bits per heavy atom. The molecule has 0 radical (unpaired) electrons. The van der Waals surface area contributed by atoms with Gasteiger partial charge in [0.15, 0.2) is 0 Å². The molecule has 0 atom stereocenters. The number of aryl methyl sites for hydroxylation is 1. The first-order chi connectivity index (χ1) is 6.27. The van der Waals surface area contributed by atoms with E-state index in [1.807, 2.05) is 31.2 Å². The Morgan fingerprint density at radius 2 is 1.92 bits per heavy atom. The van der Waals surface area contributed by atoms with Crippen molar-refractivity contribution < 1.29 is 4.52 Å². The molecular weight excluding hydrogens is 230 g/mol. The zero-order valence-electron chi connectivity index (χ0n) is 7.12. The molecule has 13 heavy (non-hydrogen) atoms. The topological polar surface area (TPSA) is 26.0 Å². The Labute approximate surface area is 84.7 Å². The third-order valence-electron chi connectivity index (χ3n) is 1.91. The molecule has 2 nitrogen and oxygen atoms in total. The van der Waals surface area contributed by atoms with Crippen LogP contribution in [-0.2, 0) is 0 Å². The van der Waals surface area contributed by atoms with E-state index >= 15 is 0 Å². The van der Waals surface area contributed by atoms with Gasteiger partial charge in [-0.2, -0.15) is 0 Å². The molecule has 0 saturated carbocycles. The fourth-order valence-corrected chi connectivity index (χ4v) is 1.46. The van der Waals surface area contributed by atoms with Crippen molar-refractivity contribution in [2.75, 3.05) is 0 Å². The van der Waals surface area contributed by atoms with Crippen LogP contribution in [0.25, 0.3) is 11.1 Å². The highest BCUT2D eigenvalue weighted by Gasteiger charge is 2.04. The number of aromatic nitrogens is 1. The van der Waals surface area contributed by atoms with E-state index in [-0.39, 0.29) is 0 Å². The van der Waals surface area contributed by atoms with Gasteiger partial charge in [-0.1, -0.05) is 33.2 Å². The molecule has 0 aliphatic rings. The summed E-state index contributed by atoms with van der Waals surface area (Å²) in [5.41, 5.74) is 3.09. The van der Waals surface area contributed by atoms with Gasteiger partial charge in [0.25, 0.3) is 0 Å². The Bertz CT molecular complexity index is 405. The Balaban J connectivity index is 2.47. The number of nitrogens with zero attached hydrogens (tertiary/aromatic N) is 1. The highest BCUT2D eigenvalue weighted by molar-refractivity contribution is 9.10. The number of rotatable bonds is 1. The number of halogens is 1. The fraction of sp³-hybridized carbons (Fsp3) is 0.100. The van der Waals surface area contributed by atoms with Gasteiger partial charge in [0.2, 0.25) is 0 Å². The van der Waals surface area contributed by atoms with Crippen LogP contribution < -0.4 is 0 Å². The van der Waals surface area contributed by atoms with E-state index in [4.69, 9.17) is 4.52 Å². The van der Waals surface area contributed by atoms with Gasteiger partial charge >= 0.3 is 0 Å². The van der Waals surface area contributed by atoms with Gasteiger partial charge in [0, 0.05) is 10.0 Å². The second-order valence-corrected chi connectivity index (χ2v) is 3.74. The van der Waals surface area contributed by atoms with E-state index in [0.29, 0.717) is 0 Å². The Hall–Kier alpha value is -1.09. The summed E-state index contributed by atoms with van der Waals surface area (Å²) >= 11 is 3.39. The molecule has 2 rings (SSSR count). The average molecular weight is 238 g/mol. The molecule has 0 aliphatic carbocycles. The van der Waals surface area contributed by atoms with Gasteiger partial charge < -0.3 is 4.52 Å². The molecule has 2 aromatic rings. The molecule has 0 amide bonds. The van der Waals surface area contributed by atoms with Crippen LogP contribution in [0, 0.1) is 6.92 Å². The van der Waals surface area contributed by atoms with Crippen LogP contribution in [0.1, 0.15) is 5.69 Å². The number of hydrogen-bond acceptors (Lipinski definition) is 2. The molecule has 0 N–H and O–H groups in total. The lowest BCUT2D eigenvalue weighted by Gasteiger charge is -1.97. The maximum atomic E-state index is 4.87. The normalized spacial score (nSPS) is 10.3. The predicted molar refractivity (Wildman–Crippen MR) is 54.4 cm³/mol. The first kappa shape index (κ1) is 8.51. The van der Waals surface area contributed by atoms with Crippen molar-refractivity contribution in [3.63, 3.8) is 0 Å². The highest BCUT2D eigenvalue weighted by atomic mass is 79.9. The highest BCUT2D eigenvalue weighted by Crippen LogP contribution is 2.23. The summed E-state index contributed by atoms with van der Waals surface area (Å²) in [6.45, 7) is 1.93. The summed E-state index contributed by atoms with van der Waals surface area (Å²) in [6, 6.07) is 8.07. The van der Waals surface area contributed by atoms with Gasteiger partial charge in [-0.25, -0.2) is 0 Å². The molecule has 0 fully saturated rings. The molecule has 1 heterocycles. The van der Waals surface area contributed by atoms with Crippen LogP contribution >= 0.6 is 15.9 Å². The lowest BCUT2D eigenvalue weighted by atomic mass is 10.1. The zero-order chi connectivity index (χ0) is 9.26. The first-order valence-corrected chi connectivity index (χ1v) is 4.73. The molecule has 0 spiro atoms. The summed E-state index contributed by atoms with van der Waals surface area (Å²) in [4.78, 5) is 0. The van der Waals surface area contributed by atoms with Crippen LogP contribution in [-0.4, -0.2) is 5.16 Å². The minimum atomic E-state index is 0.919. The van der Waals surface area contributed by atoms with E-state index in [9.17, 15) is 0 Å². The molecule has 1 aromatic carbocycles. The van der Waals surface area contributed by atoms with Crippen LogP contribution in [0.2, 0.25) is 0 Å². The summed E-state index contributed by atoms with van der Waals surface area (Å²) in [6.07, 6.45) is 1.67. The lowest BCUT2D eigenvalue weighted by molar-refractivity contribution is 0.415. The first-order valence-electron chi connectivity index (χ1n) is 3.94. The molecule has 3 heteroatoms. The van der Waals surface area contributed by atoms with E-state index in [1.54, 1.807) is 6.26 Å². The average Bonchev–Trinajstić information content (AvgIpc) is 2.53. The fourth-order valence-electron chi connectivity index (χ4n) is 1.20. The standard InChI is InChI=1S/C10H8BrNO/c1-7-10(6-13-12-7)8-2-4-9(11)5-3-8/h2-6H,1H3. The van der Waals surface area contributed by atoms with Crippen LogP contribution in [0.4, 0.5) is 0 Å². The molecule has 0 unspecified atom stereocenters. The molecular formula is C10H8BrNO. The summed E-state index contributed by atoms with van der Waals surface area (Å²) in [5, 5.41) is 3.83. The van der Waals surface area contributed by atoms with Gasteiger partial charge in [-0.05, 0) is 24.6 Å². The van der Waals surface area contributed by atoms with Gasteiger partial charge in [0.05, 0.1) is 5.69 Å². The van der Waals surface area contributed by atoms with Crippen molar-refractivity contribution in [2.24, 2.45) is 0 Å². The summed E-state index contributed by atoms with van der Waals surface area (Å²) in [5.74, 6) is 0. The largest absolute Gasteiger partial charge is 0.364 e. The van der Waals surface area contributed by atoms with Gasteiger partial charge in [0.1, 0.15) is 6.26 Å². The van der Waals surface area contributed by atoms with E-state index < -0.39 is 0 Å². The van der Waals surface area contributed by atoms with E-state index in [0.717, 1.165) is 21.3 Å². The van der Waals surface area contributed by atoms with Crippen molar-refractivity contribution in [3.8, 4) is 11.1 Å². The third-order valence-corrected chi connectivity index (χ3v) is 2.43. The predicted octanol–water partition coefficient (Wildman–Crippen LogP) is 3.41. The number of hydrogen-bond donors (Lipinski definition) is 0. The SMILES string of the molecule is Cc1nocc1-c1ccc(Br)cc1. The number of benzene rings is 1.